The van der Waals surface area contributed by atoms with E-state index in [2.05, 4.69) is 39.8 Å². The Kier molecular flexibility index (Phi) is 5.72. The molecule has 0 fully saturated rings. The van der Waals surface area contributed by atoms with E-state index in [1.165, 1.54) is 6.08 Å². The lowest BCUT2D eigenvalue weighted by molar-refractivity contribution is -0.163. The zero-order valence-corrected chi connectivity index (χ0v) is 13.9. The van der Waals surface area contributed by atoms with Crippen molar-refractivity contribution in [1.82, 2.24) is 0 Å². The van der Waals surface area contributed by atoms with Gasteiger partial charge in [0.15, 0.2) is 20.4 Å². The summed E-state index contributed by atoms with van der Waals surface area (Å²) < 4.78 is 16.8. The molecule has 0 aromatic rings. The molecule has 1 aliphatic heterocycles. The van der Waals surface area contributed by atoms with E-state index < -0.39 is 20.7 Å². The summed E-state index contributed by atoms with van der Waals surface area (Å²) >= 11 is 0. The van der Waals surface area contributed by atoms with Crippen LogP contribution in [0.15, 0.2) is 12.2 Å². The van der Waals surface area contributed by atoms with E-state index in [1.54, 1.807) is 6.08 Å². The maximum atomic E-state index is 11.8. The zero-order chi connectivity index (χ0) is 15.4. The molecule has 0 saturated carbocycles. The fraction of sp³-hybridized carbons (Fsp3) is 0.667. The summed E-state index contributed by atoms with van der Waals surface area (Å²) in [5.74, 6) is 2.28. The molecule has 1 aliphatic rings. The summed E-state index contributed by atoms with van der Waals surface area (Å²) in [5, 5.41) is 0.0971. The first kappa shape index (κ1) is 17.1. The number of carbonyl (C=O) groups is 1. The lowest BCUT2D eigenvalue weighted by atomic mass is 10.2. The molecular formula is C15H24O4Si. The van der Waals surface area contributed by atoms with E-state index in [1.807, 2.05) is 0 Å². The fourth-order valence-electron chi connectivity index (χ4n) is 1.40. The van der Waals surface area contributed by atoms with Crippen LogP contribution in [0.2, 0.25) is 18.1 Å². The molecule has 0 aromatic heterocycles. The van der Waals surface area contributed by atoms with Crippen molar-refractivity contribution in [3.05, 3.63) is 12.2 Å². The average molecular weight is 296 g/mol. The molecule has 0 N–H and O–H groups in total. The quantitative estimate of drug-likeness (QED) is 0.577. The Labute approximate surface area is 122 Å². The molecular weight excluding hydrogens is 272 g/mol. The summed E-state index contributed by atoms with van der Waals surface area (Å²) in [6, 6.07) is 0. The van der Waals surface area contributed by atoms with Gasteiger partial charge in [0.2, 0.25) is 0 Å². The molecule has 0 aromatic carbocycles. The summed E-state index contributed by atoms with van der Waals surface area (Å²) in [4.78, 5) is 11.8. The number of carbonyl (C=O) groups excluding carboxylic acids is 1. The summed E-state index contributed by atoms with van der Waals surface area (Å²) in [5.41, 5.74) is 0. The SMILES string of the molecule is C#CCO[C@@H]1C=CC(=O)[C@@H](CO[Si](C)(C)C(C)(C)C)O1. The largest absolute Gasteiger partial charge is 0.414 e. The summed E-state index contributed by atoms with van der Waals surface area (Å²) in [6.45, 7) is 11.2. The first-order valence-electron chi connectivity index (χ1n) is 6.74. The second kappa shape index (κ2) is 6.68. The van der Waals surface area contributed by atoms with Gasteiger partial charge in [0.25, 0.3) is 0 Å². The highest BCUT2D eigenvalue weighted by molar-refractivity contribution is 6.74. The number of hydrogen-bond donors (Lipinski definition) is 0. The molecule has 0 radical (unpaired) electrons. The third kappa shape index (κ3) is 4.56. The number of hydrogen-bond acceptors (Lipinski definition) is 4. The molecule has 0 spiro atoms. The summed E-state index contributed by atoms with van der Waals surface area (Å²) in [6.07, 6.45) is 6.99. The lowest BCUT2D eigenvalue weighted by Gasteiger charge is -2.37. The third-order valence-corrected chi connectivity index (χ3v) is 8.27. The third-order valence-electron chi connectivity index (χ3n) is 3.77. The minimum atomic E-state index is -1.90. The first-order valence-corrected chi connectivity index (χ1v) is 9.65. The van der Waals surface area contributed by atoms with Gasteiger partial charge < -0.3 is 13.9 Å². The number of rotatable bonds is 5. The Bertz CT molecular complexity index is 415. The lowest BCUT2D eigenvalue weighted by Crippen LogP contribution is -2.45. The Morgan fingerprint density at radius 2 is 2.10 bits per heavy atom. The molecule has 0 saturated heterocycles. The van der Waals surface area contributed by atoms with Crippen molar-refractivity contribution in [3.8, 4) is 12.3 Å². The van der Waals surface area contributed by atoms with E-state index in [4.69, 9.17) is 20.3 Å². The fourth-order valence-corrected chi connectivity index (χ4v) is 2.40. The van der Waals surface area contributed by atoms with E-state index in [0.717, 1.165) is 0 Å². The van der Waals surface area contributed by atoms with Gasteiger partial charge >= 0.3 is 0 Å². The molecule has 0 aliphatic carbocycles. The van der Waals surface area contributed by atoms with Crippen molar-refractivity contribution < 1.29 is 18.7 Å². The molecule has 1 rings (SSSR count). The standard InChI is InChI=1S/C15H24O4Si/c1-7-10-17-14-9-8-12(16)13(19-14)11-18-20(5,6)15(2,3)4/h1,8-9,13-14H,10-11H2,2-6H3/t13-,14+/m1/s1. The smallest absolute Gasteiger partial charge is 0.192 e. The predicted octanol–water partition coefficient (Wildman–Crippen LogP) is 2.51. The Morgan fingerprint density at radius 3 is 2.65 bits per heavy atom. The highest BCUT2D eigenvalue weighted by atomic mass is 28.4. The van der Waals surface area contributed by atoms with Gasteiger partial charge in [-0.1, -0.05) is 26.7 Å². The van der Waals surface area contributed by atoms with Crippen LogP contribution in [0.5, 0.6) is 0 Å². The van der Waals surface area contributed by atoms with Crippen LogP contribution >= 0.6 is 0 Å². The van der Waals surface area contributed by atoms with E-state index in [-0.39, 0.29) is 24.0 Å². The monoisotopic (exact) mass is 296 g/mol. The number of terminal acetylenes is 1. The molecule has 20 heavy (non-hydrogen) atoms. The maximum Gasteiger partial charge on any atom is 0.192 e. The van der Waals surface area contributed by atoms with Gasteiger partial charge in [0.1, 0.15) is 12.7 Å². The van der Waals surface area contributed by atoms with Gasteiger partial charge in [0.05, 0.1) is 6.61 Å². The van der Waals surface area contributed by atoms with Gasteiger partial charge in [-0.05, 0) is 30.3 Å². The molecule has 0 amide bonds. The number of ketones is 1. The molecule has 0 unspecified atom stereocenters. The van der Waals surface area contributed by atoms with Gasteiger partial charge in [-0.25, -0.2) is 0 Å². The number of ether oxygens (including phenoxy) is 2. The minimum absolute atomic E-state index is 0.0933. The summed E-state index contributed by atoms with van der Waals surface area (Å²) in [7, 11) is -1.90. The van der Waals surface area contributed by atoms with Crippen LogP contribution in [-0.2, 0) is 18.7 Å². The Balaban J connectivity index is 2.58. The second-order valence-electron chi connectivity index (χ2n) is 6.34. The van der Waals surface area contributed by atoms with Crippen LogP contribution in [0.1, 0.15) is 20.8 Å². The van der Waals surface area contributed by atoms with E-state index >= 15 is 0 Å². The average Bonchev–Trinajstić information content (AvgIpc) is 2.35. The van der Waals surface area contributed by atoms with Gasteiger partial charge in [-0.2, -0.15) is 0 Å². The van der Waals surface area contributed by atoms with Crippen molar-refractivity contribution in [2.45, 2.75) is 51.3 Å². The van der Waals surface area contributed by atoms with E-state index in [9.17, 15) is 4.79 Å². The van der Waals surface area contributed by atoms with Gasteiger partial charge in [-0.15, -0.1) is 6.42 Å². The van der Waals surface area contributed by atoms with Crippen LogP contribution < -0.4 is 0 Å². The van der Waals surface area contributed by atoms with Crippen molar-refractivity contribution in [1.29, 1.82) is 0 Å². The van der Waals surface area contributed by atoms with Crippen LogP contribution in [-0.4, -0.2) is 39.7 Å². The topological polar surface area (TPSA) is 44.8 Å². The Hall–Kier alpha value is -0.933. The van der Waals surface area contributed by atoms with Gasteiger partial charge in [-0.3, -0.25) is 4.79 Å². The normalized spacial score (nSPS) is 23.7. The molecule has 0 bridgehead atoms. The van der Waals surface area contributed by atoms with Crippen LogP contribution in [0, 0.1) is 12.3 Å². The van der Waals surface area contributed by atoms with Crippen LogP contribution in [0.25, 0.3) is 0 Å². The van der Waals surface area contributed by atoms with Gasteiger partial charge in [0, 0.05) is 0 Å². The molecule has 2 atom stereocenters. The molecule has 5 heteroatoms. The molecule has 112 valence electrons. The first-order chi connectivity index (χ1) is 9.17. The Morgan fingerprint density at radius 1 is 1.45 bits per heavy atom. The highest BCUT2D eigenvalue weighted by Gasteiger charge is 2.38. The van der Waals surface area contributed by atoms with Crippen molar-refractivity contribution in [2.24, 2.45) is 0 Å². The molecule has 1 heterocycles. The predicted molar refractivity (Wildman–Crippen MR) is 80.7 cm³/mol. The van der Waals surface area contributed by atoms with E-state index in [0.29, 0.717) is 0 Å². The van der Waals surface area contributed by atoms with Crippen molar-refractivity contribution in [3.63, 3.8) is 0 Å². The zero-order valence-electron chi connectivity index (χ0n) is 12.9. The van der Waals surface area contributed by atoms with Crippen molar-refractivity contribution >= 4 is 14.1 Å². The maximum absolute atomic E-state index is 11.8. The van der Waals surface area contributed by atoms with Crippen LogP contribution in [0.3, 0.4) is 0 Å². The molecule has 4 nitrogen and oxygen atoms in total. The van der Waals surface area contributed by atoms with Crippen molar-refractivity contribution in [2.75, 3.05) is 13.2 Å². The highest BCUT2D eigenvalue weighted by Crippen LogP contribution is 2.36. The van der Waals surface area contributed by atoms with Crippen LogP contribution in [0.4, 0.5) is 0 Å². The second-order valence-corrected chi connectivity index (χ2v) is 11.2. The minimum Gasteiger partial charge on any atom is -0.414 e.